The summed E-state index contributed by atoms with van der Waals surface area (Å²) in [5, 5.41) is 35.7. The van der Waals surface area contributed by atoms with Crippen LogP contribution in [0.2, 0.25) is 5.02 Å². The number of carboxylic acid groups (broad SMARTS) is 1. The van der Waals surface area contributed by atoms with Crippen LogP contribution in [0.15, 0.2) is 61.1 Å². The van der Waals surface area contributed by atoms with Gasteiger partial charge in [0.05, 0.1) is 35.8 Å². The van der Waals surface area contributed by atoms with Crippen LogP contribution in [-0.2, 0) is 17.9 Å². The summed E-state index contributed by atoms with van der Waals surface area (Å²) in [6.07, 6.45) is 5.55. The normalized spacial score (nSPS) is 11.3. The molecule has 208 valence electrons. The van der Waals surface area contributed by atoms with E-state index in [0.29, 0.717) is 45.6 Å². The highest BCUT2D eigenvalue weighted by Crippen LogP contribution is 2.40. The van der Waals surface area contributed by atoms with Crippen LogP contribution in [0.5, 0.6) is 0 Å². The van der Waals surface area contributed by atoms with Crippen LogP contribution < -0.4 is 10.6 Å². The van der Waals surface area contributed by atoms with Gasteiger partial charge in [-0.3, -0.25) is 4.79 Å². The van der Waals surface area contributed by atoms with Gasteiger partial charge in [-0.15, -0.1) is 11.3 Å². The molecule has 0 radical (unpaired) electrons. The van der Waals surface area contributed by atoms with Crippen LogP contribution >= 0.6 is 34.7 Å². The molecule has 41 heavy (non-hydrogen) atoms. The number of benzene rings is 2. The Morgan fingerprint density at radius 3 is 2.51 bits per heavy atom. The summed E-state index contributed by atoms with van der Waals surface area (Å²) in [4.78, 5) is 29.7. The maximum atomic E-state index is 13.4. The number of aliphatic carboxylic acids is 1. The second kappa shape index (κ2) is 13.9. The van der Waals surface area contributed by atoms with Crippen LogP contribution in [0.4, 0.5) is 5.00 Å². The predicted octanol–water partition coefficient (Wildman–Crippen LogP) is 5.60. The average Bonchev–Trinajstić information content (AvgIpc) is 3.58. The Balaban J connectivity index is 1.63. The average molecular weight is 605 g/mol. The number of thiophene rings is 1. The van der Waals surface area contributed by atoms with Gasteiger partial charge in [0.2, 0.25) is 0 Å². The van der Waals surface area contributed by atoms with E-state index in [2.05, 4.69) is 27.8 Å². The molecule has 2 aromatic heterocycles. The second-order valence-corrected chi connectivity index (χ2v) is 11.4. The quantitative estimate of drug-likeness (QED) is 0.189. The van der Waals surface area contributed by atoms with Gasteiger partial charge in [0.25, 0.3) is 5.91 Å². The summed E-state index contributed by atoms with van der Waals surface area (Å²) in [5.74, 6) is -1.12. The molecule has 0 aliphatic carbocycles. The summed E-state index contributed by atoms with van der Waals surface area (Å²) in [6, 6.07) is 17.3. The molecule has 0 aliphatic rings. The van der Waals surface area contributed by atoms with Gasteiger partial charge in [-0.05, 0) is 53.8 Å². The first-order valence-corrected chi connectivity index (χ1v) is 15.0. The van der Waals surface area contributed by atoms with Gasteiger partial charge in [0, 0.05) is 23.3 Å². The van der Waals surface area contributed by atoms with Crippen LogP contribution in [0, 0.1) is 22.7 Å². The van der Waals surface area contributed by atoms with Crippen LogP contribution in [0.3, 0.4) is 0 Å². The van der Waals surface area contributed by atoms with Crippen LogP contribution in [-0.4, -0.2) is 44.6 Å². The minimum Gasteiger partial charge on any atom is -0.480 e. The van der Waals surface area contributed by atoms with Crippen LogP contribution in [0.1, 0.15) is 38.5 Å². The Bertz CT molecular complexity index is 1620. The minimum atomic E-state index is -1.12. The van der Waals surface area contributed by atoms with Gasteiger partial charge < -0.3 is 20.3 Å². The maximum Gasteiger partial charge on any atom is 0.326 e. The number of hydrogen-bond donors (Lipinski definition) is 3. The molecule has 0 saturated heterocycles. The molecular formula is C29H25ClN6O3S2. The van der Waals surface area contributed by atoms with E-state index in [1.807, 2.05) is 23.0 Å². The number of rotatable bonds is 12. The van der Waals surface area contributed by atoms with Crippen molar-refractivity contribution in [3.8, 4) is 23.3 Å². The summed E-state index contributed by atoms with van der Waals surface area (Å²) in [6.45, 7) is 0.854. The largest absolute Gasteiger partial charge is 0.480 e. The van der Waals surface area contributed by atoms with Gasteiger partial charge in [0.15, 0.2) is 0 Å². The fraction of sp³-hybridized carbons (Fsp3) is 0.207. The van der Waals surface area contributed by atoms with Crippen molar-refractivity contribution in [2.24, 2.45) is 0 Å². The Morgan fingerprint density at radius 2 is 1.88 bits per heavy atom. The Kier molecular flexibility index (Phi) is 10.0. The van der Waals surface area contributed by atoms with Crippen molar-refractivity contribution in [3.05, 3.63) is 93.3 Å². The predicted molar refractivity (Wildman–Crippen MR) is 161 cm³/mol. The highest BCUT2D eigenvalue weighted by Gasteiger charge is 2.28. The SMILES string of the molecule is CSCC[C@H](NC(=O)c1sc(NCc2cncn2Cc2ccc(C#N)cc2)c(C#N)c1-c1ccc(Cl)cc1)C(=O)O. The zero-order chi connectivity index (χ0) is 29.4. The molecule has 4 aromatic rings. The third-order valence-electron chi connectivity index (χ3n) is 6.24. The number of imidazole rings is 1. The number of carboxylic acids is 1. The smallest absolute Gasteiger partial charge is 0.326 e. The number of aromatic nitrogens is 2. The molecule has 9 nitrogen and oxygen atoms in total. The number of nitrogens with one attached hydrogen (secondary N) is 2. The Labute approximate surface area is 250 Å². The van der Waals surface area contributed by atoms with Crippen LogP contribution in [0.25, 0.3) is 11.1 Å². The first-order valence-electron chi connectivity index (χ1n) is 12.4. The number of nitrogens with zero attached hydrogens (tertiary/aromatic N) is 4. The number of carbonyl (C=O) groups is 2. The fourth-order valence-corrected chi connectivity index (χ4v) is 5.79. The van der Waals surface area contributed by atoms with Gasteiger partial charge in [-0.1, -0.05) is 35.9 Å². The number of hydrogen-bond acceptors (Lipinski definition) is 8. The lowest BCUT2D eigenvalue weighted by atomic mass is 10.0. The summed E-state index contributed by atoms with van der Waals surface area (Å²) in [5.41, 5.74) is 3.72. The summed E-state index contributed by atoms with van der Waals surface area (Å²) >= 11 is 8.67. The lowest BCUT2D eigenvalue weighted by Crippen LogP contribution is -2.41. The van der Waals surface area contributed by atoms with Gasteiger partial charge >= 0.3 is 5.97 Å². The molecule has 0 spiro atoms. The Hall–Kier alpha value is -4.29. The van der Waals surface area contributed by atoms with Crippen molar-refractivity contribution in [1.82, 2.24) is 14.9 Å². The number of thioether (sulfide) groups is 1. The molecule has 2 heterocycles. The molecule has 1 atom stereocenters. The zero-order valence-electron chi connectivity index (χ0n) is 21.9. The van der Waals surface area contributed by atoms with Crippen molar-refractivity contribution in [1.29, 1.82) is 10.5 Å². The molecule has 0 aliphatic heterocycles. The van der Waals surface area contributed by atoms with E-state index in [1.54, 1.807) is 48.9 Å². The minimum absolute atomic E-state index is 0.230. The van der Waals surface area contributed by atoms with E-state index in [9.17, 15) is 20.0 Å². The topological polar surface area (TPSA) is 144 Å². The number of anilines is 1. The standard InChI is InChI=1S/C29H25ClN6O3S2/c1-40-11-10-24(29(38)39)35-27(37)26-25(20-6-8-21(30)9-7-20)23(13-32)28(41-26)34-15-22-14-33-17-36(22)16-19-4-2-18(12-31)3-5-19/h2-9,14,17,24,34H,10-11,15-16H2,1H3,(H,35,37)(H,38,39)/t24-/m0/s1. The Morgan fingerprint density at radius 1 is 1.15 bits per heavy atom. The van der Waals surface area contributed by atoms with Crippen molar-refractivity contribution in [2.75, 3.05) is 17.3 Å². The molecule has 3 N–H and O–H groups in total. The summed E-state index contributed by atoms with van der Waals surface area (Å²) < 4.78 is 1.95. The van der Waals surface area contributed by atoms with E-state index in [1.165, 1.54) is 11.8 Å². The molecular weight excluding hydrogens is 580 g/mol. The molecule has 12 heteroatoms. The molecule has 0 fully saturated rings. The highest BCUT2D eigenvalue weighted by atomic mass is 35.5. The molecule has 4 rings (SSSR count). The van der Waals surface area contributed by atoms with E-state index in [0.717, 1.165) is 22.6 Å². The molecule has 0 unspecified atom stereocenters. The third-order valence-corrected chi connectivity index (χ3v) is 8.28. The molecule has 1 amide bonds. The third kappa shape index (κ3) is 7.27. The van der Waals surface area contributed by atoms with Gasteiger partial charge in [-0.25, -0.2) is 9.78 Å². The van der Waals surface area contributed by atoms with Gasteiger partial charge in [0.1, 0.15) is 22.0 Å². The first kappa shape index (κ1) is 29.7. The second-order valence-electron chi connectivity index (χ2n) is 8.95. The summed E-state index contributed by atoms with van der Waals surface area (Å²) in [7, 11) is 0. The fourth-order valence-electron chi connectivity index (χ4n) is 4.12. The highest BCUT2D eigenvalue weighted by molar-refractivity contribution is 7.98. The van der Waals surface area contributed by atoms with Crippen molar-refractivity contribution < 1.29 is 14.7 Å². The van der Waals surface area contributed by atoms with E-state index in [4.69, 9.17) is 16.9 Å². The number of nitriles is 2. The van der Waals surface area contributed by atoms with Crippen molar-refractivity contribution in [3.63, 3.8) is 0 Å². The number of halogens is 1. The van der Waals surface area contributed by atoms with Gasteiger partial charge in [-0.2, -0.15) is 22.3 Å². The van der Waals surface area contributed by atoms with E-state index < -0.39 is 17.9 Å². The first-order chi connectivity index (χ1) is 19.8. The van der Waals surface area contributed by atoms with Crippen molar-refractivity contribution in [2.45, 2.75) is 25.6 Å². The molecule has 2 aromatic carbocycles. The number of amides is 1. The molecule has 0 saturated carbocycles. The number of carbonyl (C=O) groups excluding carboxylic acids is 1. The molecule has 0 bridgehead atoms. The maximum absolute atomic E-state index is 13.4. The van der Waals surface area contributed by atoms with E-state index >= 15 is 0 Å². The lowest BCUT2D eigenvalue weighted by Gasteiger charge is -2.14. The zero-order valence-corrected chi connectivity index (χ0v) is 24.3. The lowest BCUT2D eigenvalue weighted by molar-refractivity contribution is -0.139. The van der Waals surface area contributed by atoms with Crippen molar-refractivity contribution >= 4 is 51.6 Å². The monoisotopic (exact) mass is 604 g/mol. The van der Waals surface area contributed by atoms with E-state index in [-0.39, 0.29) is 16.9 Å².